The maximum absolute atomic E-state index is 12.7. The van der Waals surface area contributed by atoms with E-state index in [1.54, 1.807) is 12.3 Å². The minimum atomic E-state index is -4.39. The van der Waals surface area contributed by atoms with Gasteiger partial charge >= 0.3 is 6.18 Å². The Morgan fingerprint density at radius 1 is 0.968 bits per heavy atom. The molecular weight excluding hydrogens is 429 g/mol. The van der Waals surface area contributed by atoms with E-state index < -0.39 is 11.7 Å². The predicted octanol–water partition coefficient (Wildman–Crippen LogP) is 5.34. The maximum atomic E-state index is 12.7. The average molecular weight is 447 g/mol. The second kappa shape index (κ2) is 7.90. The smallest absolute Gasteiger partial charge is 0.416 e. The molecule has 31 heavy (non-hydrogen) atoms. The molecule has 0 unspecified atom stereocenters. The number of halogens is 4. The van der Waals surface area contributed by atoms with Crippen molar-refractivity contribution in [3.63, 3.8) is 0 Å². The summed E-state index contributed by atoms with van der Waals surface area (Å²) >= 11 is 0. The van der Waals surface area contributed by atoms with E-state index in [0.717, 1.165) is 53.9 Å². The normalized spacial score (nSPS) is 13.6. The summed E-state index contributed by atoms with van der Waals surface area (Å²) in [5.74, 6) is 0.978. The first-order valence-corrected chi connectivity index (χ1v) is 9.56. The quantitative estimate of drug-likeness (QED) is 0.452. The first kappa shape index (κ1) is 21.2. The minimum absolute atomic E-state index is 0. The molecule has 1 aliphatic heterocycles. The van der Waals surface area contributed by atoms with Crippen molar-refractivity contribution < 1.29 is 17.6 Å². The van der Waals surface area contributed by atoms with Crippen molar-refractivity contribution in [2.24, 2.45) is 0 Å². The molecule has 4 nitrogen and oxygen atoms in total. The van der Waals surface area contributed by atoms with E-state index in [1.807, 2.05) is 18.2 Å². The summed E-state index contributed by atoms with van der Waals surface area (Å²) in [5.41, 5.74) is 2.69. The van der Waals surface area contributed by atoms with Crippen LogP contribution in [0.5, 0.6) is 0 Å². The van der Waals surface area contributed by atoms with Crippen molar-refractivity contribution in [3.8, 4) is 16.8 Å². The third kappa shape index (κ3) is 3.86. The molecule has 0 radical (unpaired) electrons. The average Bonchev–Trinajstić information content (AvgIpc) is 3.11. The number of nitrogens with one attached hydrogen (secondary N) is 1. The van der Waals surface area contributed by atoms with Gasteiger partial charge in [0.15, 0.2) is 0 Å². The Morgan fingerprint density at radius 2 is 1.74 bits per heavy atom. The number of hydrogen-bond donors (Lipinski definition) is 1. The molecule has 0 saturated carbocycles. The molecule has 160 valence electrons. The van der Waals surface area contributed by atoms with Crippen molar-refractivity contribution in [2.75, 3.05) is 6.54 Å². The van der Waals surface area contributed by atoms with Crippen LogP contribution < -0.4 is 10.9 Å². The van der Waals surface area contributed by atoms with Gasteiger partial charge in [-0.05, 0) is 41.5 Å². The number of furan rings is 1. The Labute approximate surface area is 181 Å². The number of fused-ring (bicyclic) bond motifs is 3. The number of aromatic nitrogens is 1. The molecule has 0 atom stereocenters. The first-order valence-electron chi connectivity index (χ1n) is 9.56. The molecule has 0 spiro atoms. The first-order chi connectivity index (χ1) is 14.4. The van der Waals surface area contributed by atoms with Gasteiger partial charge in [0, 0.05) is 48.8 Å². The van der Waals surface area contributed by atoms with Gasteiger partial charge in [-0.1, -0.05) is 12.1 Å². The molecule has 1 aliphatic rings. The van der Waals surface area contributed by atoms with Gasteiger partial charge in [0.05, 0.1) is 11.3 Å². The molecule has 2 aromatic carbocycles. The van der Waals surface area contributed by atoms with Gasteiger partial charge in [0.2, 0.25) is 0 Å². The molecule has 5 rings (SSSR count). The highest BCUT2D eigenvalue weighted by atomic mass is 35.5. The highest BCUT2D eigenvalue weighted by Crippen LogP contribution is 2.31. The monoisotopic (exact) mass is 446 g/mol. The molecule has 2 aromatic heterocycles. The van der Waals surface area contributed by atoms with E-state index >= 15 is 0 Å². The Balaban J connectivity index is 0.00000231. The summed E-state index contributed by atoms with van der Waals surface area (Å²) in [6.45, 7) is 1.65. The topological polar surface area (TPSA) is 47.2 Å². The summed E-state index contributed by atoms with van der Waals surface area (Å²) in [7, 11) is 0. The fourth-order valence-corrected chi connectivity index (χ4v) is 3.87. The third-order valence-electron chi connectivity index (χ3n) is 5.43. The van der Waals surface area contributed by atoms with Crippen LogP contribution in [0.3, 0.4) is 0 Å². The zero-order valence-corrected chi connectivity index (χ0v) is 17.0. The summed E-state index contributed by atoms with van der Waals surface area (Å²) in [6, 6.07) is 13.6. The molecule has 0 saturated heterocycles. The van der Waals surface area contributed by atoms with Crippen molar-refractivity contribution in [1.82, 2.24) is 9.88 Å². The Kier molecular flexibility index (Phi) is 5.41. The van der Waals surface area contributed by atoms with Gasteiger partial charge in [-0.3, -0.25) is 9.36 Å². The van der Waals surface area contributed by atoms with Crippen molar-refractivity contribution >= 4 is 23.4 Å². The molecular formula is C23H18ClF3N2O2. The Bertz CT molecular complexity index is 1310. The second-order valence-electron chi connectivity index (χ2n) is 7.31. The van der Waals surface area contributed by atoms with Crippen LogP contribution in [0.25, 0.3) is 27.8 Å². The van der Waals surface area contributed by atoms with E-state index in [9.17, 15) is 18.0 Å². The highest BCUT2D eigenvalue weighted by Gasteiger charge is 2.30. The van der Waals surface area contributed by atoms with Crippen LogP contribution in [0.2, 0.25) is 0 Å². The Hall–Kier alpha value is -3.03. The SMILES string of the molecule is Cl.O=c1cc(-c2ccc(C(F)(F)F)cc2)ccn1-c1ccc2c3c(oc2c1)CCNC3. The summed E-state index contributed by atoms with van der Waals surface area (Å²) in [5, 5.41) is 4.37. The maximum Gasteiger partial charge on any atom is 0.416 e. The van der Waals surface area contributed by atoms with E-state index in [4.69, 9.17) is 4.42 Å². The fraction of sp³-hybridized carbons (Fsp3) is 0.174. The number of hydrogen-bond acceptors (Lipinski definition) is 3. The third-order valence-corrected chi connectivity index (χ3v) is 5.43. The highest BCUT2D eigenvalue weighted by molar-refractivity contribution is 5.85. The number of alkyl halides is 3. The molecule has 0 aliphatic carbocycles. The van der Waals surface area contributed by atoms with Crippen molar-refractivity contribution in [2.45, 2.75) is 19.1 Å². The zero-order valence-electron chi connectivity index (χ0n) is 16.2. The molecule has 4 aromatic rings. The van der Waals surface area contributed by atoms with Crippen LogP contribution in [0.1, 0.15) is 16.9 Å². The van der Waals surface area contributed by atoms with Crippen LogP contribution in [-0.4, -0.2) is 11.1 Å². The van der Waals surface area contributed by atoms with Crippen LogP contribution in [0.4, 0.5) is 13.2 Å². The van der Waals surface area contributed by atoms with Crippen LogP contribution >= 0.6 is 12.4 Å². The summed E-state index contributed by atoms with van der Waals surface area (Å²) in [6.07, 6.45) is -1.93. The number of rotatable bonds is 2. The molecule has 1 N–H and O–H groups in total. The fourth-order valence-electron chi connectivity index (χ4n) is 3.87. The van der Waals surface area contributed by atoms with Gasteiger partial charge < -0.3 is 9.73 Å². The van der Waals surface area contributed by atoms with Gasteiger partial charge in [-0.2, -0.15) is 13.2 Å². The number of benzene rings is 2. The van der Waals surface area contributed by atoms with Crippen LogP contribution in [0, 0.1) is 0 Å². The molecule has 8 heteroatoms. The minimum Gasteiger partial charge on any atom is -0.461 e. The lowest BCUT2D eigenvalue weighted by Crippen LogP contribution is -2.22. The van der Waals surface area contributed by atoms with Crippen LogP contribution in [-0.2, 0) is 19.1 Å². The van der Waals surface area contributed by atoms with E-state index in [2.05, 4.69) is 5.32 Å². The molecule has 3 heterocycles. The Morgan fingerprint density at radius 3 is 2.45 bits per heavy atom. The molecule has 0 fully saturated rings. The van der Waals surface area contributed by atoms with E-state index in [0.29, 0.717) is 16.8 Å². The summed E-state index contributed by atoms with van der Waals surface area (Å²) in [4.78, 5) is 12.7. The molecule has 0 bridgehead atoms. The van der Waals surface area contributed by atoms with Crippen molar-refractivity contribution in [3.05, 3.63) is 88.0 Å². The lowest BCUT2D eigenvalue weighted by Gasteiger charge is -2.11. The van der Waals surface area contributed by atoms with Crippen molar-refractivity contribution in [1.29, 1.82) is 0 Å². The lowest BCUT2D eigenvalue weighted by molar-refractivity contribution is -0.137. The zero-order chi connectivity index (χ0) is 20.9. The van der Waals surface area contributed by atoms with Gasteiger partial charge in [0.25, 0.3) is 5.56 Å². The lowest BCUT2D eigenvalue weighted by atomic mass is 10.0. The largest absolute Gasteiger partial charge is 0.461 e. The van der Waals surface area contributed by atoms with E-state index in [1.165, 1.54) is 22.8 Å². The van der Waals surface area contributed by atoms with Crippen LogP contribution in [0.15, 0.2) is 70.0 Å². The number of pyridine rings is 1. The van der Waals surface area contributed by atoms with E-state index in [-0.39, 0.29) is 18.0 Å². The van der Waals surface area contributed by atoms with Gasteiger partial charge in [0.1, 0.15) is 11.3 Å². The predicted molar refractivity (Wildman–Crippen MR) is 115 cm³/mol. The van der Waals surface area contributed by atoms with Gasteiger partial charge in [-0.15, -0.1) is 12.4 Å². The second-order valence-corrected chi connectivity index (χ2v) is 7.31. The number of nitrogens with zero attached hydrogens (tertiary/aromatic N) is 1. The molecule has 0 amide bonds. The summed E-state index contributed by atoms with van der Waals surface area (Å²) < 4.78 is 45.7. The van der Waals surface area contributed by atoms with Gasteiger partial charge in [-0.25, -0.2) is 0 Å². The standard InChI is InChI=1S/C23H17F3N2O2.ClH/c24-23(25,26)16-3-1-14(2-4-16)15-8-10-28(22(29)11-15)17-5-6-18-19-13-27-9-7-20(19)30-21(18)12-17;/h1-6,8,10-12,27H,7,9,13H2;1H.